The van der Waals surface area contributed by atoms with Crippen LogP contribution in [0.1, 0.15) is 85.0 Å². The zero-order valence-corrected chi connectivity index (χ0v) is 17.4. The van der Waals surface area contributed by atoms with Crippen molar-refractivity contribution in [3.8, 4) is 0 Å². The van der Waals surface area contributed by atoms with Crippen molar-refractivity contribution in [2.45, 2.75) is 109 Å². The highest BCUT2D eigenvalue weighted by Gasteiger charge is 2.31. The number of carbonyl (C=O) groups is 3. The van der Waals surface area contributed by atoms with Crippen molar-refractivity contribution in [2.24, 2.45) is 0 Å². The van der Waals surface area contributed by atoms with Gasteiger partial charge in [-0.05, 0) is 20.3 Å². The number of carboxylic acids is 1. The number of hydrogen-bond acceptors (Lipinski definition) is 5. The van der Waals surface area contributed by atoms with Crippen LogP contribution in [0.15, 0.2) is 0 Å². The quantitative estimate of drug-likeness (QED) is 0.249. The van der Waals surface area contributed by atoms with Crippen LogP contribution in [-0.4, -0.2) is 57.4 Å². The molecule has 0 aromatic heterocycles. The van der Waals surface area contributed by atoms with Crippen molar-refractivity contribution < 1.29 is 29.7 Å². The summed E-state index contributed by atoms with van der Waals surface area (Å²) in [5.41, 5.74) is 0. The molecule has 0 saturated heterocycles. The smallest absolute Gasteiger partial charge is 0.328 e. The predicted octanol–water partition coefficient (Wildman–Crippen LogP) is 1.72. The fourth-order valence-electron chi connectivity index (χ4n) is 2.88. The normalized spacial score (nSPS) is 15.3. The van der Waals surface area contributed by atoms with Gasteiger partial charge in [0.2, 0.25) is 11.8 Å². The summed E-state index contributed by atoms with van der Waals surface area (Å²) in [6.07, 6.45) is 7.83. The van der Waals surface area contributed by atoms with Gasteiger partial charge in [0.05, 0.1) is 12.2 Å². The van der Waals surface area contributed by atoms with Gasteiger partial charge >= 0.3 is 5.97 Å². The third kappa shape index (κ3) is 11.9. The fourth-order valence-corrected chi connectivity index (χ4v) is 2.88. The van der Waals surface area contributed by atoms with Crippen molar-refractivity contribution in [3.05, 3.63) is 0 Å². The number of amides is 2. The summed E-state index contributed by atoms with van der Waals surface area (Å²) < 4.78 is 0. The molecule has 8 nitrogen and oxygen atoms in total. The van der Waals surface area contributed by atoms with Gasteiger partial charge in [-0.15, -0.1) is 0 Å². The summed E-state index contributed by atoms with van der Waals surface area (Å²) >= 11 is 0. The van der Waals surface area contributed by atoms with Crippen LogP contribution in [-0.2, 0) is 14.4 Å². The molecule has 0 spiro atoms. The highest BCUT2D eigenvalue weighted by Crippen LogP contribution is 2.10. The number of nitrogens with one attached hydrogen (secondary N) is 2. The van der Waals surface area contributed by atoms with Crippen molar-refractivity contribution >= 4 is 17.8 Å². The maximum atomic E-state index is 12.2. The van der Waals surface area contributed by atoms with Crippen molar-refractivity contribution in [3.63, 3.8) is 0 Å². The van der Waals surface area contributed by atoms with Gasteiger partial charge in [0.15, 0.2) is 6.04 Å². The average molecular weight is 403 g/mol. The molecular weight excluding hydrogens is 364 g/mol. The third-order valence-electron chi connectivity index (χ3n) is 4.63. The first-order valence-corrected chi connectivity index (χ1v) is 10.4. The molecule has 0 bridgehead atoms. The van der Waals surface area contributed by atoms with Crippen LogP contribution in [0.4, 0.5) is 0 Å². The second-order valence-corrected chi connectivity index (χ2v) is 7.43. The molecule has 4 atom stereocenters. The Balaban J connectivity index is 4.23. The summed E-state index contributed by atoms with van der Waals surface area (Å²) in [5, 5.41) is 32.8. The summed E-state index contributed by atoms with van der Waals surface area (Å²) in [5.74, 6) is -2.61. The lowest BCUT2D eigenvalue weighted by Gasteiger charge is -2.24. The highest BCUT2D eigenvalue weighted by molar-refractivity contribution is 5.91. The van der Waals surface area contributed by atoms with Crippen LogP contribution >= 0.6 is 0 Å². The number of aliphatic hydroxyl groups excluding tert-OH is 2. The second-order valence-electron chi connectivity index (χ2n) is 7.43. The minimum absolute atomic E-state index is 0.241. The van der Waals surface area contributed by atoms with Crippen molar-refractivity contribution in [1.82, 2.24) is 10.6 Å². The van der Waals surface area contributed by atoms with Crippen LogP contribution < -0.4 is 10.6 Å². The molecule has 0 aliphatic rings. The molecule has 0 aromatic rings. The summed E-state index contributed by atoms with van der Waals surface area (Å²) in [6, 6.07) is -2.78. The van der Waals surface area contributed by atoms with Gasteiger partial charge in [0.1, 0.15) is 6.04 Å². The SMILES string of the molecule is CCCCCCCCCCCC(=O)NC(C(=O)NC(C(=O)O)C(C)O)C(C)O. The number of carboxylic acid groups (broad SMARTS) is 1. The number of carbonyl (C=O) groups excluding carboxylic acids is 2. The minimum Gasteiger partial charge on any atom is -0.480 e. The van der Waals surface area contributed by atoms with E-state index >= 15 is 0 Å². The van der Waals surface area contributed by atoms with Gasteiger partial charge in [-0.3, -0.25) is 9.59 Å². The molecule has 0 aliphatic carbocycles. The monoisotopic (exact) mass is 402 g/mol. The second kappa shape index (κ2) is 15.3. The third-order valence-corrected chi connectivity index (χ3v) is 4.63. The highest BCUT2D eigenvalue weighted by atomic mass is 16.4. The first-order valence-electron chi connectivity index (χ1n) is 10.4. The van der Waals surface area contributed by atoms with E-state index in [1.165, 1.54) is 46.0 Å². The van der Waals surface area contributed by atoms with Gasteiger partial charge < -0.3 is 26.0 Å². The van der Waals surface area contributed by atoms with Gasteiger partial charge in [-0.2, -0.15) is 0 Å². The van der Waals surface area contributed by atoms with E-state index in [9.17, 15) is 24.6 Å². The Labute approximate surface area is 168 Å². The van der Waals surface area contributed by atoms with Crippen LogP contribution in [0.25, 0.3) is 0 Å². The van der Waals surface area contributed by atoms with Crippen molar-refractivity contribution in [1.29, 1.82) is 0 Å². The van der Waals surface area contributed by atoms with E-state index in [2.05, 4.69) is 17.6 Å². The lowest BCUT2D eigenvalue weighted by Crippen LogP contribution is -2.57. The summed E-state index contributed by atoms with van der Waals surface area (Å²) in [7, 11) is 0. The Morgan fingerprint density at radius 3 is 1.64 bits per heavy atom. The fraction of sp³-hybridized carbons (Fsp3) is 0.850. The summed E-state index contributed by atoms with van der Waals surface area (Å²) in [6.45, 7) is 4.76. The predicted molar refractivity (Wildman–Crippen MR) is 107 cm³/mol. The Morgan fingerprint density at radius 1 is 0.750 bits per heavy atom. The lowest BCUT2D eigenvalue weighted by atomic mass is 10.1. The van der Waals surface area contributed by atoms with E-state index in [4.69, 9.17) is 5.11 Å². The molecule has 2 amide bonds. The van der Waals surface area contributed by atoms with E-state index < -0.39 is 36.2 Å². The molecule has 164 valence electrons. The Bertz CT molecular complexity index is 468. The maximum Gasteiger partial charge on any atom is 0.328 e. The van der Waals surface area contributed by atoms with Crippen LogP contribution in [0, 0.1) is 0 Å². The minimum atomic E-state index is -1.51. The molecule has 5 N–H and O–H groups in total. The molecule has 8 heteroatoms. The zero-order chi connectivity index (χ0) is 21.5. The maximum absolute atomic E-state index is 12.2. The number of hydrogen-bond donors (Lipinski definition) is 5. The zero-order valence-electron chi connectivity index (χ0n) is 17.4. The van der Waals surface area contributed by atoms with E-state index in [0.717, 1.165) is 19.3 Å². The van der Waals surface area contributed by atoms with E-state index in [0.29, 0.717) is 6.42 Å². The van der Waals surface area contributed by atoms with Crippen LogP contribution in [0.3, 0.4) is 0 Å². The van der Waals surface area contributed by atoms with Gasteiger partial charge in [0.25, 0.3) is 0 Å². The molecule has 0 aromatic carbocycles. The summed E-state index contributed by atoms with van der Waals surface area (Å²) in [4.78, 5) is 35.3. The topological polar surface area (TPSA) is 136 Å². The van der Waals surface area contributed by atoms with Crippen molar-refractivity contribution in [2.75, 3.05) is 0 Å². The number of aliphatic carboxylic acids is 1. The Morgan fingerprint density at radius 2 is 1.21 bits per heavy atom. The molecule has 0 rings (SSSR count). The standard InChI is InChI=1S/C20H38N2O6/c1-4-5-6-7-8-9-10-11-12-13-16(25)21-17(14(2)23)19(26)22-18(15(3)24)20(27)28/h14-15,17-18,23-24H,4-13H2,1-3H3,(H,21,25)(H,22,26)(H,27,28). The molecule has 0 fully saturated rings. The number of rotatable bonds is 16. The van der Waals surface area contributed by atoms with Gasteiger partial charge in [-0.1, -0.05) is 58.3 Å². The molecule has 0 aliphatic heterocycles. The number of unbranched alkanes of at least 4 members (excludes halogenated alkanes) is 8. The lowest BCUT2D eigenvalue weighted by molar-refractivity contribution is -0.145. The first-order chi connectivity index (χ1) is 13.2. The molecule has 0 radical (unpaired) electrons. The van der Waals surface area contributed by atoms with E-state index in [1.54, 1.807) is 0 Å². The molecular formula is C20H38N2O6. The number of aliphatic hydroxyl groups is 2. The largest absolute Gasteiger partial charge is 0.480 e. The van der Waals surface area contributed by atoms with Crippen LogP contribution in [0.2, 0.25) is 0 Å². The average Bonchev–Trinajstić information content (AvgIpc) is 2.61. The van der Waals surface area contributed by atoms with E-state index in [-0.39, 0.29) is 12.3 Å². The Kier molecular flexibility index (Phi) is 14.4. The molecule has 28 heavy (non-hydrogen) atoms. The Hall–Kier alpha value is -1.67. The molecule has 0 heterocycles. The van der Waals surface area contributed by atoms with Gasteiger partial charge in [-0.25, -0.2) is 4.79 Å². The van der Waals surface area contributed by atoms with Crippen LogP contribution in [0.5, 0.6) is 0 Å². The first kappa shape index (κ1) is 26.3. The van der Waals surface area contributed by atoms with E-state index in [1.807, 2.05) is 0 Å². The molecule has 4 unspecified atom stereocenters. The van der Waals surface area contributed by atoms with Gasteiger partial charge in [0, 0.05) is 6.42 Å². The molecule has 0 saturated carbocycles.